The van der Waals surface area contributed by atoms with Crippen LogP contribution in [0.3, 0.4) is 0 Å². The Morgan fingerprint density at radius 1 is 1.45 bits per heavy atom. The molecule has 1 N–H and O–H groups in total. The van der Waals surface area contributed by atoms with Gasteiger partial charge in [0.1, 0.15) is 12.4 Å². The molecule has 1 aromatic rings. The van der Waals surface area contributed by atoms with Crippen LogP contribution < -0.4 is 10.1 Å². The van der Waals surface area contributed by atoms with E-state index in [0.717, 1.165) is 23.1 Å². The van der Waals surface area contributed by atoms with Crippen molar-refractivity contribution in [3.63, 3.8) is 0 Å². The number of thioether (sulfide) groups is 1. The molecule has 1 aliphatic rings. The Morgan fingerprint density at radius 3 is 3.05 bits per heavy atom. The van der Waals surface area contributed by atoms with Gasteiger partial charge in [0, 0.05) is 11.3 Å². The summed E-state index contributed by atoms with van der Waals surface area (Å²) in [6, 6.07) is 8.12. The van der Waals surface area contributed by atoms with Gasteiger partial charge < -0.3 is 10.1 Å². The highest BCUT2D eigenvalue weighted by Gasteiger charge is 2.27. The van der Waals surface area contributed by atoms with E-state index in [4.69, 9.17) is 4.74 Å². The molecule has 0 saturated carbocycles. The maximum atomic E-state index is 5.71. The van der Waals surface area contributed by atoms with Gasteiger partial charge in [-0.15, -0.1) is 0 Å². The van der Waals surface area contributed by atoms with Crippen LogP contribution in [-0.2, 0) is 0 Å². The van der Waals surface area contributed by atoms with Gasteiger partial charge in [0.2, 0.25) is 0 Å². The van der Waals surface area contributed by atoms with Gasteiger partial charge >= 0.3 is 0 Å². The third-order valence-electron chi connectivity index (χ3n) is 3.69. The predicted octanol–water partition coefficient (Wildman–Crippen LogP) is 3.63. The van der Waals surface area contributed by atoms with E-state index in [9.17, 15) is 0 Å². The van der Waals surface area contributed by atoms with Gasteiger partial charge in [-0.3, -0.25) is 4.99 Å². The van der Waals surface area contributed by atoms with E-state index in [1.54, 1.807) is 0 Å². The number of aryl methyl sites for hydroxylation is 1. The molecule has 0 bridgehead atoms. The summed E-state index contributed by atoms with van der Waals surface area (Å²) in [4.78, 5) is 4.61. The van der Waals surface area contributed by atoms with Crippen LogP contribution in [0.5, 0.6) is 5.75 Å². The third-order valence-corrected chi connectivity index (χ3v) is 4.60. The Kier molecular flexibility index (Phi) is 5.35. The van der Waals surface area contributed by atoms with Crippen LogP contribution in [0, 0.1) is 6.92 Å². The molecular formula is C16H24N2OS. The summed E-state index contributed by atoms with van der Waals surface area (Å²) in [6.45, 7) is 7.88. The number of hydrogen-bond donors (Lipinski definition) is 1. The largest absolute Gasteiger partial charge is 0.492 e. The summed E-state index contributed by atoms with van der Waals surface area (Å²) in [6.07, 6.45) is 2.33. The molecule has 3 nitrogen and oxygen atoms in total. The number of benzene rings is 1. The summed E-state index contributed by atoms with van der Waals surface area (Å²) in [5, 5.41) is 4.61. The molecule has 1 saturated heterocycles. The van der Waals surface area contributed by atoms with Crippen LogP contribution in [0.2, 0.25) is 0 Å². The topological polar surface area (TPSA) is 33.6 Å². The number of hydrogen-bond acceptors (Lipinski definition) is 3. The van der Waals surface area contributed by atoms with Crippen molar-refractivity contribution >= 4 is 16.9 Å². The highest BCUT2D eigenvalue weighted by molar-refractivity contribution is 8.13. The van der Waals surface area contributed by atoms with Gasteiger partial charge in [-0.2, -0.15) is 0 Å². The second kappa shape index (κ2) is 7.02. The molecule has 1 unspecified atom stereocenters. The van der Waals surface area contributed by atoms with Crippen molar-refractivity contribution in [3.05, 3.63) is 29.8 Å². The van der Waals surface area contributed by atoms with Gasteiger partial charge in [0.15, 0.2) is 5.17 Å². The van der Waals surface area contributed by atoms with E-state index in [1.807, 2.05) is 23.9 Å². The maximum Gasteiger partial charge on any atom is 0.157 e. The second-order valence-electron chi connectivity index (χ2n) is 5.49. The zero-order valence-corrected chi connectivity index (χ0v) is 13.4. The molecule has 110 valence electrons. The zero-order valence-electron chi connectivity index (χ0n) is 12.6. The molecule has 0 radical (unpaired) electrons. The first-order chi connectivity index (χ1) is 9.61. The minimum atomic E-state index is 0.210. The highest BCUT2D eigenvalue weighted by Crippen LogP contribution is 2.24. The van der Waals surface area contributed by atoms with Crippen LogP contribution in [-0.4, -0.2) is 29.6 Å². The Bertz CT molecular complexity index is 475. The SMILES string of the molecule is CCC1(C)CCSC(=NCCOc2cccc(C)c2)N1. The molecule has 4 heteroatoms. The van der Waals surface area contributed by atoms with Crippen molar-refractivity contribution in [2.75, 3.05) is 18.9 Å². The molecule has 0 spiro atoms. The Balaban J connectivity index is 1.78. The summed E-state index contributed by atoms with van der Waals surface area (Å²) < 4.78 is 5.71. The molecule has 1 aliphatic heterocycles. The number of nitrogens with one attached hydrogen (secondary N) is 1. The molecular weight excluding hydrogens is 268 g/mol. The average Bonchev–Trinajstić information content (AvgIpc) is 2.44. The number of rotatable bonds is 5. The molecule has 0 aromatic heterocycles. The second-order valence-corrected chi connectivity index (χ2v) is 6.57. The predicted molar refractivity (Wildman–Crippen MR) is 87.9 cm³/mol. The van der Waals surface area contributed by atoms with Crippen molar-refractivity contribution < 1.29 is 4.74 Å². The monoisotopic (exact) mass is 292 g/mol. The van der Waals surface area contributed by atoms with E-state index in [2.05, 4.69) is 43.2 Å². The normalized spacial score (nSPS) is 24.4. The molecule has 0 amide bonds. The summed E-state index contributed by atoms with van der Waals surface area (Å²) in [7, 11) is 0. The minimum absolute atomic E-state index is 0.210. The lowest BCUT2D eigenvalue weighted by Crippen LogP contribution is -2.48. The number of ether oxygens (including phenoxy) is 1. The Labute approximate surface area is 126 Å². The van der Waals surface area contributed by atoms with E-state index in [1.165, 1.54) is 12.0 Å². The summed E-state index contributed by atoms with van der Waals surface area (Å²) in [5.74, 6) is 2.07. The lowest BCUT2D eigenvalue weighted by atomic mass is 9.96. The number of aliphatic imine (C=N–C) groups is 1. The smallest absolute Gasteiger partial charge is 0.157 e. The quantitative estimate of drug-likeness (QED) is 0.842. The lowest BCUT2D eigenvalue weighted by molar-refractivity contribution is 0.328. The van der Waals surface area contributed by atoms with Crippen LogP contribution in [0.15, 0.2) is 29.3 Å². The average molecular weight is 292 g/mol. The molecule has 20 heavy (non-hydrogen) atoms. The number of nitrogens with zero attached hydrogens (tertiary/aromatic N) is 1. The van der Waals surface area contributed by atoms with Gasteiger partial charge in [-0.05, 0) is 44.4 Å². The first-order valence-electron chi connectivity index (χ1n) is 7.26. The molecule has 1 atom stereocenters. The van der Waals surface area contributed by atoms with E-state index in [-0.39, 0.29) is 5.54 Å². The maximum absolute atomic E-state index is 5.71. The minimum Gasteiger partial charge on any atom is -0.492 e. The number of amidine groups is 1. The standard InChI is InChI=1S/C16H24N2OS/c1-4-16(3)8-11-20-15(18-16)17-9-10-19-14-7-5-6-13(2)12-14/h5-7,12H,4,8-11H2,1-3H3,(H,17,18). The van der Waals surface area contributed by atoms with E-state index < -0.39 is 0 Å². The fourth-order valence-corrected chi connectivity index (χ4v) is 3.34. The van der Waals surface area contributed by atoms with Gasteiger partial charge in [0.25, 0.3) is 0 Å². The van der Waals surface area contributed by atoms with Crippen molar-refractivity contribution in [3.8, 4) is 5.75 Å². The summed E-state index contributed by atoms with van der Waals surface area (Å²) >= 11 is 1.81. The van der Waals surface area contributed by atoms with E-state index >= 15 is 0 Å². The van der Waals surface area contributed by atoms with Crippen molar-refractivity contribution in [2.24, 2.45) is 4.99 Å². The summed E-state index contributed by atoms with van der Waals surface area (Å²) in [5.41, 5.74) is 1.43. The highest BCUT2D eigenvalue weighted by atomic mass is 32.2. The van der Waals surface area contributed by atoms with Gasteiger partial charge in [-0.25, -0.2) is 0 Å². The van der Waals surface area contributed by atoms with Crippen LogP contribution >= 0.6 is 11.8 Å². The first kappa shape index (κ1) is 15.2. The van der Waals surface area contributed by atoms with E-state index in [0.29, 0.717) is 13.2 Å². The third kappa shape index (κ3) is 4.44. The van der Waals surface area contributed by atoms with Crippen molar-refractivity contribution in [1.82, 2.24) is 5.32 Å². The zero-order chi connectivity index (χ0) is 14.4. The van der Waals surface area contributed by atoms with Crippen LogP contribution in [0.4, 0.5) is 0 Å². The van der Waals surface area contributed by atoms with Gasteiger partial charge in [-0.1, -0.05) is 30.8 Å². The van der Waals surface area contributed by atoms with Crippen molar-refractivity contribution in [2.45, 2.75) is 39.2 Å². The molecule has 1 fully saturated rings. The van der Waals surface area contributed by atoms with Crippen LogP contribution in [0.25, 0.3) is 0 Å². The Morgan fingerprint density at radius 2 is 2.30 bits per heavy atom. The molecule has 1 aromatic carbocycles. The Hall–Kier alpha value is -1.16. The molecule has 2 rings (SSSR count). The van der Waals surface area contributed by atoms with Crippen LogP contribution in [0.1, 0.15) is 32.3 Å². The van der Waals surface area contributed by atoms with Crippen molar-refractivity contribution in [1.29, 1.82) is 0 Å². The first-order valence-corrected chi connectivity index (χ1v) is 8.25. The fraction of sp³-hybridized carbons (Fsp3) is 0.562. The lowest BCUT2D eigenvalue weighted by Gasteiger charge is -2.35. The fourth-order valence-electron chi connectivity index (χ4n) is 2.10. The van der Waals surface area contributed by atoms with Gasteiger partial charge in [0.05, 0.1) is 6.54 Å². The molecule has 0 aliphatic carbocycles. The molecule has 1 heterocycles.